The Hall–Kier alpha value is -2.83. The van der Waals surface area contributed by atoms with Gasteiger partial charge in [-0.2, -0.15) is 0 Å². The van der Waals surface area contributed by atoms with E-state index in [1.165, 1.54) is 0 Å². The summed E-state index contributed by atoms with van der Waals surface area (Å²) in [6, 6.07) is 4.15. The van der Waals surface area contributed by atoms with Crippen LogP contribution in [0.15, 0.2) is 30.3 Å². The molecule has 3 N–H and O–H groups in total. The van der Waals surface area contributed by atoms with Crippen molar-refractivity contribution in [1.29, 1.82) is 0 Å². The monoisotopic (exact) mass is 296 g/mol. The normalized spacial score (nSPS) is 10.4. The standard InChI is InChI=1S/C14H10F2O5/c15-7-1-8(16)3-10(2-7)21-6-13(20)14-11(18)4-9(17)5-12(14)19/h1-5,17-19H,6H2. The fourth-order valence-electron chi connectivity index (χ4n) is 1.72. The average Bonchev–Trinajstić information content (AvgIpc) is 2.34. The Morgan fingerprint density at radius 3 is 2.00 bits per heavy atom. The van der Waals surface area contributed by atoms with Gasteiger partial charge in [-0.25, -0.2) is 8.78 Å². The maximum absolute atomic E-state index is 12.9. The molecule has 0 aliphatic rings. The molecule has 0 fully saturated rings. The molecule has 0 spiro atoms. The summed E-state index contributed by atoms with van der Waals surface area (Å²) in [5, 5.41) is 28.1. The van der Waals surface area contributed by atoms with E-state index in [0.717, 1.165) is 24.3 Å². The van der Waals surface area contributed by atoms with E-state index in [1.54, 1.807) is 0 Å². The highest BCUT2D eigenvalue weighted by atomic mass is 19.1. The number of benzene rings is 2. The number of halogens is 2. The SMILES string of the molecule is O=C(COc1cc(F)cc(F)c1)c1c(O)cc(O)cc1O. The molecule has 0 saturated heterocycles. The van der Waals surface area contributed by atoms with Crippen molar-refractivity contribution >= 4 is 5.78 Å². The molecule has 2 aromatic rings. The van der Waals surface area contributed by atoms with Crippen LogP contribution >= 0.6 is 0 Å². The minimum atomic E-state index is -0.868. The van der Waals surface area contributed by atoms with E-state index in [9.17, 15) is 23.8 Å². The molecule has 0 saturated carbocycles. The number of aromatic hydroxyl groups is 3. The number of phenolic OH excluding ortho intramolecular Hbond substituents is 3. The lowest BCUT2D eigenvalue weighted by Gasteiger charge is -2.09. The van der Waals surface area contributed by atoms with Crippen LogP contribution in [0.1, 0.15) is 10.4 Å². The van der Waals surface area contributed by atoms with Crippen LogP contribution in [0.2, 0.25) is 0 Å². The Balaban J connectivity index is 2.15. The minimum Gasteiger partial charge on any atom is -0.508 e. The van der Waals surface area contributed by atoms with Crippen LogP contribution in [-0.4, -0.2) is 27.7 Å². The van der Waals surface area contributed by atoms with Gasteiger partial charge < -0.3 is 20.1 Å². The number of hydrogen-bond acceptors (Lipinski definition) is 5. The fourth-order valence-corrected chi connectivity index (χ4v) is 1.72. The molecule has 0 bridgehead atoms. The highest BCUT2D eigenvalue weighted by Crippen LogP contribution is 2.32. The van der Waals surface area contributed by atoms with Crippen molar-refractivity contribution in [1.82, 2.24) is 0 Å². The summed E-state index contributed by atoms with van der Waals surface area (Å²) in [5.41, 5.74) is -0.454. The van der Waals surface area contributed by atoms with Crippen molar-refractivity contribution in [3.8, 4) is 23.0 Å². The van der Waals surface area contributed by atoms with E-state index in [4.69, 9.17) is 9.84 Å². The van der Waals surface area contributed by atoms with Gasteiger partial charge in [-0.3, -0.25) is 4.79 Å². The Kier molecular flexibility index (Phi) is 3.93. The van der Waals surface area contributed by atoms with Gasteiger partial charge in [0.2, 0.25) is 5.78 Å². The molecule has 0 aromatic heterocycles. The number of Topliss-reactive ketones (excluding diaryl/α,β-unsaturated/α-hetero) is 1. The van der Waals surface area contributed by atoms with Crippen LogP contribution in [0.25, 0.3) is 0 Å². The second-order valence-corrected chi connectivity index (χ2v) is 4.18. The summed E-state index contributed by atoms with van der Waals surface area (Å²) in [6.45, 7) is -0.658. The van der Waals surface area contributed by atoms with Crippen molar-refractivity contribution in [2.24, 2.45) is 0 Å². The second-order valence-electron chi connectivity index (χ2n) is 4.18. The second kappa shape index (κ2) is 5.66. The average molecular weight is 296 g/mol. The summed E-state index contributed by atoms with van der Waals surface area (Å²) >= 11 is 0. The lowest BCUT2D eigenvalue weighted by Crippen LogP contribution is -2.12. The molecule has 0 atom stereocenters. The molecule has 0 radical (unpaired) electrons. The van der Waals surface area contributed by atoms with Crippen molar-refractivity contribution in [2.45, 2.75) is 0 Å². The Morgan fingerprint density at radius 1 is 0.952 bits per heavy atom. The molecule has 5 nitrogen and oxygen atoms in total. The van der Waals surface area contributed by atoms with Crippen LogP contribution in [0.3, 0.4) is 0 Å². The topological polar surface area (TPSA) is 87.0 Å². The van der Waals surface area contributed by atoms with E-state index in [2.05, 4.69) is 0 Å². The predicted octanol–water partition coefficient (Wildman–Crippen LogP) is 2.34. The van der Waals surface area contributed by atoms with E-state index in [0.29, 0.717) is 6.07 Å². The van der Waals surface area contributed by atoms with Crippen molar-refractivity contribution in [2.75, 3.05) is 6.61 Å². The zero-order chi connectivity index (χ0) is 15.6. The van der Waals surface area contributed by atoms with Gasteiger partial charge >= 0.3 is 0 Å². The predicted molar refractivity (Wildman–Crippen MR) is 67.6 cm³/mol. The molecule has 0 heterocycles. The van der Waals surface area contributed by atoms with Crippen LogP contribution < -0.4 is 4.74 Å². The zero-order valence-electron chi connectivity index (χ0n) is 10.5. The molecule has 2 aromatic carbocycles. The van der Waals surface area contributed by atoms with E-state index in [-0.39, 0.29) is 5.75 Å². The number of hydrogen-bond donors (Lipinski definition) is 3. The third kappa shape index (κ3) is 3.38. The fraction of sp³-hybridized carbons (Fsp3) is 0.0714. The maximum atomic E-state index is 12.9. The molecule has 0 aliphatic heterocycles. The largest absolute Gasteiger partial charge is 0.508 e. The van der Waals surface area contributed by atoms with Gasteiger partial charge in [0.1, 0.15) is 40.2 Å². The van der Waals surface area contributed by atoms with Crippen LogP contribution in [0.5, 0.6) is 23.0 Å². The molecule has 110 valence electrons. The first-order chi connectivity index (χ1) is 9.86. The third-order valence-electron chi connectivity index (χ3n) is 2.57. The van der Waals surface area contributed by atoms with E-state index in [1.807, 2.05) is 0 Å². The molecule has 21 heavy (non-hydrogen) atoms. The first-order valence-corrected chi connectivity index (χ1v) is 5.74. The number of rotatable bonds is 4. The summed E-state index contributed by atoms with van der Waals surface area (Å²) < 4.78 is 30.8. The minimum absolute atomic E-state index is 0.210. The lowest BCUT2D eigenvalue weighted by atomic mass is 10.1. The van der Waals surface area contributed by atoms with Gasteiger partial charge in [-0.15, -0.1) is 0 Å². The number of carbonyl (C=O) groups excluding carboxylic acids is 1. The Labute approximate surface area is 117 Å². The molecule has 2 rings (SSSR count). The summed E-state index contributed by atoms with van der Waals surface area (Å²) in [7, 11) is 0. The molecule has 7 heteroatoms. The summed E-state index contributed by atoms with van der Waals surface area (Å²) in [6.07, 6.45) is 0. The first kappa shape index (κ1) is 14.6. The quantitative estimate of drug-likeness (QED) is 0.754. The number of ether oxygens (including phenoxy) is 1. The van der Waals surface area contributed by atoms with Gasteiger partial charge in [0, 0.05) is 30.3 Å². The van der Waals surface area contributed by atoms with E-state index >= 15 is 0 Å². The van der Waals surface area contributed by atoms with Crippen LogP contribution in [-0.2, 0) is 0 Å². The summed E-state index contributed by atoms with van der Waals surface area (Å²) in [5.74, 6) is -4.46. The summed E-state index contributed by atoms with van der Waals surface area (Å²) in [4.78, 5) is 11.8. The van der Waals surface area contributed by atoms with Crippen LogP contribution in [0.4, 0.5) is 8.78 Å². The zero-order valence-corrected chi connectivity index (χ0v) is 10.5. The number of phenols is 3. The van der Waals surface area contributed by atoms with Gasteiger partial charge in [0.15, 0.2) is 6.61 Å². The first-order valence-electron chi connectivity index (χ1n) is 5.74. The van der Waals surface area contributed by atoms with Gasteiger partial charge in [0.05, 0.1) is 0 Å². The van der Waals surface area contributed by atoms with Crippen LogP contribution in [0, 0.1) is 11.6 Å². The van der Waals surface area contributed by atoms with Crippen molar-refractivity contribution in [3.05, 3.63) is 47.5 Å². The number of ketones is 1. The molecular weight excluding hydrogens is 286 g/mol. The Bertz CT molecular complexity index is 657. The Morgan fingerprint density at radius 2 is 1.48 bits per heavy atom. The molecule has 0 aliphatic carbocycles. The van der Waals surface area contributed by atoms with Crippen molar-refractivity contribution < 1.29 is 33.6 Å². The third-order valence-corrected chi connectivity index (χ3v) is 2.57. The highest BCUT2D eigenvalue weighted by molar-refractivity contribution is 6.02. The molecule has 0 unspecified atom stereocenters. The van der Waals surface area contributed by atoms with Gasteiger partial charge in [-0.05, 0) is 0 Å². The molecule has 0 amide bonds. The van der Waals surface area contributed by atoms with Gasteiger partial charge in [0.25, 0.3) is 0 Å². The highest BCUT2D eigenvalue weighted by Gasteiger charge is 2.18. The number of carbonyl (C=O) groups is 1. The van der Waals surface area contributed by atoms with Crippen molar-refractivity contribution in [3.63, 3.8) is 0 Å². The van der Waals surface area contributed by atoms with Gasteiger partial charge in [-0.1, -0.05) is 0 Å². The smallest absolute Gasteiger partial charge is 0.207 e. The maximum Gasteiger partial charge on any atom is 0.207 e. The lowest BCUT2D eigenvalue weighted by molar-refractivity contribution is 0.0915. The molecular formula is C14H10F2O5. The van der Waals surface area contributed by atoms with E-state index < -0.39 is 46.8 Å².